The Morgan fingerprint density at radius 2 is 2.04 bits per heavy atom. The van der Waals surface area contributed by atoms with E-state index in [2.05, 4.69) is 15.3 Å². The number of hydrogen-bond donors (Lipinski definition) is 0. The van der Waals surface area contributed by atoms with Gasteiger partial charge in [0.2, 0.25) is 5.82 Å². The van der Waals surface area contributed by atoms with Crippen LogP contribution in [0.1, 0.15) is 11.5 Å². The van der Waals surface area contributed by atoms with Gasteiger partial charge in [-0.25, -0.2) is 4.39 Å². The first-order valence-electron chi connectivity index (χ1n) is 7.65. The van der Waals surface area contributed by atoms with Crippen molar-refractivity contribution >= 4 is 6.21 Å². The van der Waals surface area contributed by atoms with Crippen molar-refractivity contribution < 1.29 is 23.2 Å². The number of halogens is 1. The van der Waals surface area contributed by atoms with Gasteiger partial charge in [-0.15, -0.1) is 0 Å². The van der Waals surface area contributed by atoms with Gasteiger partial charge in [-0.2, -0.15) is 4.98 Å². The fraction of sp³-hybridized carbons (Fsp3) is 0.167. The van der Waals surface area contributed by atoms with Gasteiger partial charge in [0.1, 0.15) is 17.3 Å². The van der Waals surface area contributed by atoms with Gasteiger partial charge in [0.05, 0.1) is 26.0 Å². The number of rotatable bonds is 7. The minimum atomic E-state index is -0.344. The average Bonchev–Trinajstić information content (AvgIpc) is 3.13. The highest BCUT2D eigenvalue weighted by atomic mass is 19.1. The minimum Gasteiger partial charge on any atom is -0.497 e. The maximum absolute atomic E-state index is 13.1. The fourth-order valence-corrected chi connectivity index (χ4v) is 2.18. The Balaban J connectivity index is 1.65. The molecule has 0 radical (unpaired) electrons. The first kappa shape index (κ1) is 17.4. The quantitative estimate of drug-likeness (QED) is 0.476. The molecule has 2 aromatic carbocycles. The van der Waals surface area contributed by atoms with Crippen LogP contribution in [0.3, 0.4) is 0 Å². The number of aromatic nitrogens is 2. The summed E-state index contributed by atoms with van der Waals surface area (Å²) in [4.78, 5) is 9.35. The van der Waals surface area contributed by atoms with Crippen LogP contribution in [0.2, 0.25) is 0 Å². The molecule has 1 aromatic heterocycles. The number of ether oxygens (including phenoxy) is 2. The van der Waals surface area contributed by atoms with E-state index in [1.807, 2.05) is 0 Å². The summed E-state index contributed by atoms with van der Waals surface area (Å²) < 4.78 is 28.7. The van der Waals surface area contributed by atoms with Gasteiger partial charge < -0.3 is 18.8 Å². The summed E-state index contributed by atoms with van der Waals surface area (Å²) >= 11 is 0. The zero-order valence-corrected chi connectivity index (χ0v) is 14.2. The van der Waals surface area contributed by atoms with Gasteiger partial charge in [-0.3, -0.25) is 0 Å². The predicted molar refractivity (Wildman–Crippen MR) is 91.6 cm³/mol. The Morgan fingerprint density at radius 1 is 1.15 bits per heavy atom. The maximum atomic E-state index is 13.1. The molecular weight excluding hydrogens is 341 g/mol. The van der Waals surface area contributed by atoms with E-state index in [0.29, 0.717) is 28.5 Å². The van der Waals surface area contributed by atoms with E-state index in [1.54, 1.807) is 44.6 Å². The van der Waals surface area contributed by atoms with Crippen molar-refractivity contribution in [3.05, 3.63) is 59.7 Å². The second kappa shape index (κ2) is 8.11. The molecule has 8 heteroatoms. The van der Waals surface area contributed by atoms with Gasteiger partial charge in [0, 0.05) is 6.07 Å². The van der Waals surface area contributed by atoms with Crippen LogP contribution in [-0.4, -0.2) is 30.6 Å². The first-order valence-corrected chi connectivity index (χ1v) is 7.65. The van der Waals surface area contributed by atoms with Crippen molar-refractivity contribution in [2.75, 3.05) is 14.2 Å². The van der Waals surface area contributed by atoms with Crippen LogP contribution in [0.4, 0.5) is 4.39 Å². The van der Waals surface area contributed by atoms with Crippen LogP contribution in [0.25, 0.3) is 11.4 Å². The molecule has 0 aliphatic rings. The highest BCUT2D eigenvalue weighted by Crippen LogP contribution is 2.31. The zero-order valence-electron chi connectivity index (χ0n) is 14.2. The Labute approximate surface area is 149 Å². The van der Waals surface area contributed by atoms with E-state index >= 15 is 0 Å². The van der Waals surface area contributed by atoms with Crippen molar-refractivity contribution in [3.63, 3.8) is 0 Å². The van der Waals surface area contributed by atoms with Crippen LogP contribution >= 0.6 is 0 Å². The summed E-state index contributed by atoms with van der Waals surface area (Å²) in [6.45, 7) is -0.0166. The van der Waals surface area contributed by atoms with Crippen molar-refractivity contribution in [3.8, 4) is 22.9 Å². The third-order valence-electron chi connectivity index (χ3n) is 3.43. The van der Waals surface area contributed by atoms with Gasteiger partial charge >= 0.3 is 0 Å². The third kappa shape index (κ3) is 4.15. The van der Waals surface area contributed by atoms with Crippen LogP contribution in [0.15, 0.2) is 52.1 Å². The van der Waals surface area contributed by atoms with Crippen LogP contribution in [-0.2, 0) is 11.4 Å². The van der Waals surface area contributed by atoms with E-state index in [4.69, 9.17) is 18.8 Å². The molecule has 0 aliphatic carbocycles. The van der Waals surface area contributed by atoms with Gasteiger partial charge in [-0.05, 0) is 29.8 Å². The molecule has 0 N–H and O–H groups in total. The Kier molecular flexibility index (Phi) is 5.43. The lowest BCUT2D eigenvalue weighted by Gasteiger charge is -2.07. The van der Waals surface area contributed by atoms with Crippen LogP contribution in [0, 0.1) is 5.82 Å². The van der Waals surface area contributed by atoms with Crippen molar-refractivity contribution in [2.45, 2.75) is 6.61 Å². The van der Waals surface area contributed by atoms with E-state index in [1.165, 1.54) is 18.3 Å². The lowest BCUT2D eigenvalue weighted by Crippen LogP contribution is -1.92. The molecule has 0 fully saturated rings. The highest BCUT2D eigenvalue weighted by Gasteiger charge is 2.14. The van der Waals surface area contributed by atoms with Gasteiger partial charge in [0.15, 0.2) is 6.61 Å². The van der Waals surface area contributed by atoms with Crippen LogP contribution < -0.4 is 9.47 Å². The normalized spacial score (nSPS) is 10.9. The number of oxime groups is 1. The minimum absolute atomic E-state index is 0.0166. The van der Waals surface area contributed by atoms with Crippen LogP contribution in [0.5, 0.6) is 11.5 Å². The number of hydrogen-bond acceptors (Lipinski definition) is 7. The maximum Gasteiger partial charge on any atom is 0.267 e. The second-order valence-electron chi connectivity index (χ2n) is 5.14. The molecule has 0 saturated heterocycles. The predicted octanol–water partition coefficient (Wildman–Crippen LogP) is 3.44. The summed E-state index contributed by atoms with van der Waals surface area (Å²) in [6, 6.07) is 11.3. The largest absolute Gasteiger partial charge is 0.497 e. The highest BCUT2D eigenvalue weighted by molar-refractivity contribution is 5.78. The monoisotopic (exact) mass is 357 g/mol. The number of nitrogens with zero attached hydrogens (tertiary/aromatic N) is 3. The molecule has 0 aliphatic heterocycles. The average molecular weight is 357 g/mol. The topological polar surface area (TPSA) is 79.0 Å². The zero-order chi connectivity index (χ0) is 18.4. The summed E-state index contributed by atoms with van der Waals surface area (Å²) in [6.07, 6.45) is 1.40. The molecule has 26 heavy (non-hydrogen) atoms. The van der Waals surface area contributed by atoms with Crippen molar-refractivity contribution in [1.82, 2.24) is 10.1 Å². The van der Waals surface area contributed by atoms with E-state index in [-0.39, 0.29) is 18.3 Å². The smallest absolute Gasteiger partial charge is 0.267 e. The molecule has 0 amide bonds. The Hall–Kier alpha value is -3.42. The summed E-state index contributed by atoms with van der Waals surface area (Å²) in [5.41, 5.74) is 1.24. The second-order valence-corrected chi connectivity index (χ2v) is 5.14. The lowest BCUT2D eigenvalue weighted by molar-refractivity contribution is 0.107. The molecular formula is C18H16FN3O4. The van der Waals surface area contributed by atoms with E-state index in [0.717, 1.165) is 0 Å². The standard InChI is InChI=1S/C18H16FN3O4/c1-23-14-6-7-15(16(9-14)24-2)18-21-17(26-22-18)11-25-20-10-12-4-3-5-13(19)8-12/h3-10H,11H2,1-2H3/b20-10-. The molecule has 7 nitrogen and oxygen atoms in total. The molecule has 0 bridgehead atoms. The van der Waals surface area contributed by atoms with Gasteiger partial charge in [0.25, 0.3) is 5.89 Å². The molecule has 3 aromatic rings. The van der Waals surface area contributed by atoms with E-state index in [9.17, 15) is 4.39 Å². The van der Waals surface area contributed by atoms with E-state index < -0.39 is 0 Å². The molecule has 134 valence electrons. The summed E-state index contributed by atoms with van der Waals surface area (Å²) in [7, 11) is 3.12. The first-order chi connectivity index (χ1) is 12.7. The Bertz CT molecular complexity index is 911. The summed E-state index contributed by atoms with van der Waals surface area (Å²) in [5, 5.41) is 7.67. The fourth-order valence-electron chi connectivity index (χ4n) is 2.18. The molecule has 1 heterocycles. The SMILES string of the molecule is COc1ccc(-c2noc(CO/N=C\c3cccc(F)c3)n2)c(OC)c1. The summed E-state index contributed by atoms with van der Waals surface area (Å²) in [5.74, 6) is 1.47. The molecule has 0 spiro atoms. The lowest BCUT2D eigenvalue weighted by atomic mass is 10.2. The number of methoxy groups -OCH3 is 2. The number of benzene rings is 2. The third-order valence-corrected chi connectivity index (χ3v) is 3.43. The molecule has 3 rings (SSSR count). The Morgan fingerprint density at radius 3 is 2.81 bits per heavy atom. The van der Waals surface area contributed by atoms with Crippen molar-refractivity contribution in [2.24, 2.45) is 5.16 Å². The molecule has 0 atom stereocenters. The molecule has 0 unspecified atom stereocenters. The van der Waals surface area contributed by atoms with Gasteiger partial charge in [-0.1, -0.05) is 22.4 Å². The van der Waals surface area contributed by atoms with Crippen molar-refractivity contribution in [1.29, 1.82) is 0 Å². The molecule has 0 saturated carbocycles.